The first-order valence-electron chi connectivity index (χ1n) is 8.27. The molecule has 0 spiro atoms. The predicted octanol–water partition coefficient (Wildman–Crippen LogP) is 3.72. The van der Waals surface area contributed by atoms with Gasteiger partial charge in [-0.15, -0.1) is 0 Å². The van der Waals surface area contributed by atoms with Gasteiger partial charge in [0.25, 0.3) is 0 Å². The second kappa shape index (κ2) is 7.51. The Kier molecular flexibility index (Phi) is 5.62. The smallest absolute Gasteiger partial charge is 0.428 e. The minimum absolute atomic E-state index is 0.551. The van der Waals surface area contributed by atoms with Crippen molar-refractivity contribution in [1.29, 1.82) is 0 Å². The van der Waals surface area contributed by atoms with E-state index in [1.165, 1.54) is 11.1 Å². The van der Waals surface area contributed by atoms with Crippen LogP contribution in [0.2, 0.25) is 0 Å². The number of aryl methyl sites for hydroxylation is 2. The average molecular weight is 342 g/mol. The highest BCUT2D eigenvalue weighted by Crippen LogP contribution is 2.13. The first-order chi connectivity index (χ1) is 11.7. The molecule has 6 nitrogen and oxygen atoms in total. The fourth-order valence-corrected chi connectivity index (χ4v) is 2.37. The number of ether oxygens (including phenoxy) is 1. The van der Waals surface area contributed by atoms with Crippen molar-refractivity contribution in [1.82, 2.24) is 15.2 Å². The SMILES string of the molecule is Cc1ccc(Cn2nc(C)c(/C=N\NC(=O)OC(C)(C)C)c2C)cc1. The van der Waals surface area contributed by atoms with Gasteiger partial charge in [-0.3, -0.25) is 4.68 Å². The van der Waals surface area contributed by atoms with E-state index >= 15 is 0 Å². The van der Waals surface area contributed by atoms with E-state index in [1.807, 2.05) is 18.5 Å². The Morgan fingerprint density at radius 3 is 2.48 bits per heavy atom. The molecule has 2 rings (SSSR count). The van der Waals surface area contributed by atoms with Crippen LogP contribution in [0.15, 0.2) is 29.4 Å². The average Bonchev–Trinajstić information content (AvgIpc) is 2.75. The largest absolute Gasteiger partial charge is 0.443 e. The standard InChI is InChI=1S/C19H26N4O2/c1-13-7-9-16(10-8-13)12-23-15(3)17(14(2)22-23)11-20-21-18(24)25-19(4,5)6/h7-11H,12H2,1-6H3,(H,21,24)/b20-11-. The number of hydrogen-bond donors (Lipinski definition) is 1. The van der Waals surface area contributed by atoms with E-state index in [0.717, 1.165) is 17.0 Å². The number of aromatic nitrogens is 2. The highest BCUT2D eigenvalue weighted by atomic mass is 16.6. The minimum Gasteiger partial charge on any atom is -0.443 e. The van der Waals surface area contributed by atoms with E-state index in [2.05, 4.69) is 46.8 Å². The lowest BCUT2D eigenvalue weighted by molar-refractivity contribution is 0.0529. The molecule has 0 atom stereocenters. The molecule has 0 saturated carbocycles. The summed E-state index contributed by atoms with van der Waals surface area (Å²) in [6.07, 6.45) is 1.03. The van der Waals surface area contributed by atoms with Crippen LogP contribution in [0.1, 0.15) is 48.8 Å². The number of carbonyl (C=O) groups excluding carboxylic acids is 1. The van der Waals surface area contributed by atoms with E-state index in [1.54, 1.807) is 27.0 Å². The van der Waals surface area contributed by atoms with Gasteiger partial charge in [0.05, 0.1) is 18.5 Å². The maximum atomic E-state index is 11.6. The van der Waals surface area contributed by atoms with Crippen molar-refractivity contribution in [3.05, 3.63) is 52.3 Å². The molecule has 0 bridgehead atoms. The van der Waals surface area contributed by atoms with Gasteiger partial charge in [0.2, 0.25) is 0 Å². The Morgan fingerprint density at radius 2 is 1.88 bits per heavy atom. The fraction of sp³-hybridized carbons (Fsp3) is 0.421. The van der Waals surface area contributed by atoms with Crippen LogP contribution in [-0.4, -0.2) is 27.7 Å². The summed E-state index contributed by atoms with van der Waals surface area (Å²) >= 11 is 0. The summed E-state index contributed by atoms with van der Waals surface area (Å²) in [6, 6.07) is 8.38. The van der Waals surface area contributed by atoms with Gasteiger partial charge in [-0.1, -0.05) is 29.8 Å². The molecule has 0 fully saturated rings. The van der Waals surface area contributed by atoms with Crippen LogP contribution in [0, 0.1) is 20.8 Å². The molecule has 0 aliphatic carbocycles. The van der Waals surface area contributed by atoms with E-state index in [4.69, 9.17) is 4.74 Å². The van der Waals surface area contributed by atoms with Gasteiger partial charge in [0.1, 0.15) is 5.60 Å². The summed E-state index contributed by atoms with van der Waals surface area (Å²) in [7, 11) is 0. The minimum atomic E-state index is -0.578. The second-order valence-electron chi connectivity index (χ2n) is 7.10. The van der Waals surface area contributed by atoms with Gasteiger partial charge in [-0.2, -0.15) is 10.2 Å². The molecule has 134 valence electrons. The molecule has 0 unspecified atom stereocenters. The van der Waals surface area contributed by atoms with Crippen molar-refractivity contribution in [3.63, 3.8) is 0 Å². The van der Waals surface area contributed by atoms with Gasteiger partial charge in [0.15, 0.2) is 0 Å². The van der Waals surface area contributed by atoms with Gasteiger partial charge >= 0.3 is 6.09 Å². The first kappa shape index (κ1) is 18.7. The van der Waals surface area contributed by atoms with Crippen LogP contribution in [-0.2, 0) is 11.3 Å². The highest BCUT2D eigenvalue weighted by molar-refractivity contribution is 5.83. The van der Waals surface area contributed by atoms with E-state index in [0.29, 0.717) is 6.54 Å². The van der Waals surface area contributed by atoms with Crippen molar-refractivity contribution in [2.24, 2.45) is 5.10 Å². The number of hydrazone groups is 1. The van der Waals surface area contributed by atoms with Crippen molar-refractivity contribution >= 4 is 12.3 Å². The molecular weight excluding hydrogens is 316 g/mol. The number of nitrogens with zero attached hydrogens (tertiary/aromatic N) is 3. The van der Waals surface area contributed by atoms with Crippen LogP contribution in [0.5, 0.6) is 0 Å². The molecule has 0 aliphatic rings. The summed E-state index contributed by atoms with van der Waals surface area (Å²) in [5.41, 5.74) is 6.99. The van der Waals surface area contributed by atoms with Gasteiger partial charge < -0.3 is 4.74 Å². The Balaban J connectivity index is 2.07. The number of rotatable bonds is 4. The number of carbonyl (C=O) groups is 1. The lowest BCUT2D eigenvalue weighted by Crippen LogP contribution is -2.29. The van der Waals surface area contributed by atoms with Gasteiger partial charge in [-0.05, 0) is 47.1 Å². The number of amides is 1. The molecular formula is C19H26N4O2. The third-order valence-electron chi connectivity index (χ3n) is 3.64. The molecule has 25 heavy (non-hydrogen) atoms. The third kappa shape index (κ3) is 5.45. The number of nitrogens with one attached hydrogen (secondary N) is 1. The van der Waals surface area contributed by atoms with Crippen molar-refractivity contribution in [2.75, 3.05) is 0 Å². The van der Waals surface area contributed by atoms with Gasteiger partial charge in [-0.25, -0.2) is 10.2 Å². The zero-order valence-corrected chi connectivity index (χ0v) is 15.8. The van der Waals surface area contributed by atoms with Gasteiger partial charge in [0, 0.05) is 11.3 Å². The third-order valence-corrected chi connectivity index (χ3v) is 3.64. The van der Waals surface area contributed by atoms with Crippen LogP contribution in [0.4, 0.5) is 4.79 Å². The van der Waals surface area contributed by atoms with Crippen molar-refractivity contribution < 1.29 is 9.53 Å². The summed E-state index contributed by atoms with van der Waals surface area (Å²) in [4.78, 5) is 11.6. The Morgan fingerprint density at radius 1 is 1.24 bits per heavy atom. The van der Waals surface area contributed by atoms with E-state index in [9.17, 15) is 4.79 Å². The van der Waals surface area contributed by atoms with Crippen LogP contribution in [0.3, 0.4) is 0 Å². The molecule has 1 N–H and O–H groups in total. The summed E-state index contributed by atoms with van der Waals surface area (Å²) in [5.74, 6) is 0. The molecule has 2 aromatic rings. The highest BCUT2D eigenvalue weighted by Gasteiger charge is 2.15. The first-order valence-corrected chi connectivity index (χ1v) is 8.27. The Hall–Kier alpha value is -2.63. The molecule has 1 aromatic carbocycles. The van der Waals surface area contributed by atoms with Crippen molar-refractivity contribution in [2.45, 2.75) is 53.7 Å². The van der Waals surface area contributed by atoms with E-state index in [-0.39, 0.29) is 0 Å². The summed E-state index contributed by atoms with van der Waals surface area (Å²) < 4.78 is 7.08. The summed E-state index contributed by atoms with van der Waals surface area (Å²) in [5, 5.41) is 8.54. The lowest BCUT2D eigenvalue weighted by atomic mass is 10.1. The Labute approximate surface area is 148 Å². The molecule has 1 heterocycles. The second-order valence-corrected chi connectivity index (χ2v) is 7.10. The fourth-order valence-electron chi connectivity index (χ4n) is 2.37. The van der Waals surface area contributed by atoms with Crippen LogP contribution >= 0.6 is 0 Å². The molecule has 0 saturated heterocycles. The molecule has 1 amide bonds. The molecule has 0 aliphatic heterocycles. The maximum Gasteiger partial charge on any atom is 0.428 e. The Bertz CT molecular complexity index is 768. The summed E-state index contributed by atoms with van der Waals surface area (Å²) in [6.45, 7) is 12.1. The van der Waals surface area contributed by atoms with E-state index < -0.39 is 11.7 Å². The quantitative estimate of drug-likeness (QED) is 0.680. The molecule has 1 aromatic heterocycles. The van der Waals surface area contributed by atoms with Crippen molar-refractivity contribution in [3.8, 4) is 0 Å². The van der Waals surface area contributed by atoms with Crippen LogP contribution < -0.4 is 5.43 Å². The zero-order chi connectivity index (χ0) is 18.6. The molecule has 0 radical (unpaired) electrons. The monoisotopic (exact) mass is 342 g/mol. The molecule has 6 heteroatoms. The van der Waals surface area contributed by atoms with Crippen LogP contribution in [0.25, 0.3) is 0 Å². The zero-order valence-electron chi connectivity index (χ0n) is 15.8. The number of benzene rings is 1. The lowest BCUT2D eigenvalue weighted by Gasteiger charge is -2.18. The maximum absolute atomic E-state index is 11.6. The number of hydrogen-bond acceptors (Lipinski definition) is 4. The predicted molar refractivity (Wildman–Crippen MR) is 98.9 cm³/mol. The normalized spacial score (nSPS) is 11.8. The topological polar surface area (TPSA) is 68.5 Å².